The SMILES string of the molecule is CC1CN(C(=O)C2(S(=O)(=O)c3ccc(Cl)cc3)CCCC2)CCN1. The second kappa shape index (κ2) is 6.65. The van der Waals surface area contributed by atoms with Gasteiger partial charge in [0, 0.05) is 30.7 Å². The molecule has 1 aromatic rings. The zero-order valence-electron chi connectivity index (χ0n) is 13.8. The molecule has 132 valence electrons. The van der Waals surface area contributed by atoms with Gasteiger partial charge < -0.3 is 10.2 Å². The van der Waals surface area contributed by atoms with Crippen LogP contribution in [0.25, 0.3) is 0 Å². The highest BCUT2D eigenvalue weighted by molar-refractivity contribution is 7.93. The maximum Gasteiger partial charge on any atom is 0.244 e. The van der Waals surface area contributed by atoms with Crippen molar-refractivity contribution in [3.05, 3.63) is 29.3 Å². The van der Waals surface area contributed by atoms with Crippen molar-refractivity contribution < 1.29 is 13.2 Å². The smallest absolute Gasteiger partial charge is 0.244 e. The Hall–Kier alpha value is -1.11. The summed E-state index contributed by atoms with van der Waals surface area (Å²) in [6.07, 6.45) is 2.32. The van der Waals surface area contributed by atoms with Crippen LogP contribution < -0.4 is 5.32 Å². The van der Waals surface area contributed by atoms with Gasteiger partial charge in [-0.25, -0.2) is 8.42 Å². The summed E-state index contributed by atoms with van der Waals surface area (Å²) >= 11 is 5.88. The Bertz CT molecular complexity index is 712. The molecule has 2 aliphatic rings. The lowest BCUT2D eigenvalue weighted by atomic mass is 10.0. The fraction of sp³-hybridized carbons (Fsp3) is 0.588. The van der Waals surface area contributed by atoms with Crippen LogP contribution in [0.2, 0.25) is 5.02 Å². The summed E-state index contributed by atoms with van der Waals surface area (Å²) in [6.45, 7) is 3.82. The van der Waals surface area contributed by atoms with Crippen molar-refractivity contribution in [2.75, 3.05) is 19.6 Å². The van der Waals surface area contributed by atoms with E-state index in [2.05, 4.69) is 5.32 Å². The van der Waals surface area contributed by atoms with Crippen molar-refractivity contribution in [2.45, 2.75) is 48.3 Å². The number of carbonyl (C=O) groups excluding carboxylic acids is 1. The van der Waals surface area contributed by atoms with E-state index in [1.54, 1.807) is 17.0 Å². The molecule has 1 heterocycles. The number of hydrogen-bond donors (Lipinski definition) is 1. The van der Waals surface area contributed by atoms with Crippen molar-refractivity contribution in [3.63, 3.8) is 0 Å². The van der Waals surface area contributed by atoms with Crippen LogP contribution in [0.5, 0.6) is 0 Å². The minimum atomic E-state index is -3.75. The lowest BCUT2D eigenvalue weighted by Crippen LogP contribution is -2.59. The maximum absolute atomic E-state index is 13.3. The highest BCUT2D eigenvalue weighted by atomic mass is 35.5. The van der Waals surface area contributed by atoms with Gasteiger partial charge in [-0.1, -0.05) is 24.4 Å². The first-order valence-electron chi connectivity index (χ1n) is 8.40. The monoisotopic (exact) mass is 370 g/mol. The molecule has 0 bridgehead atoms. The quantitative estimate of drug-likeness (QED) is 0.886. The zero-order valence-corrected chi connectivity index (χ0v) is 15.4. The van der Waals surface area contributed by atoms with Crippen molar-refractivity contribution >= 4 is 27.3 Å². The molecular formula is C17H23ClN2O3S. The highest BCUT2D eigenvalue weighted by Gasteiger charge is 2.54. The van der Waals surface area contributed by atoms with E-state index in [1.807, 2.05) is 6.92 Å². The third-order valence-corrected chi connectivity index (χ3v) is 7.85. The molecule has 7 heteroatoms. The Morgan fingerprint density at radius 2 is 1.88 bits per heavy atom. The van der Waals surface area contributed by atoms with E-state index in [0.29, 0.717) is 37.5 Å². The van der Waals surface area contributed by atoms with Gasteiger partial charge in [0.25, 0.3) is 0 Å². The van der Waals surface area contributed by atoms with Gasteiger partial charge in [-0.2, -0.15) is 0 Å². The Labute approximate surface area is 148 Å². The number of sulfone groups is 1. The van der Waals surface area contributed by atoms with E-state index in [9.17, 15) is 13.2 Å². The minimum absolute atomic E-state index is 0.180. The first-order chi connectivity index (χ1) is 11.4. The Balaban J connectivity index is 1.98. The van der Waals surface area contributed by atoms with Crippen LogP contribution in [0.15, 0.2) is 29.2 Å². The Morgan fingerprint density at radius 3 is 2.46 bits per heavy atom. The molecule has 0 spiro atoms. The lowest BCUT2D eigenvalue weighted by molar-refractivity contribution is -0.135. The molecule has 1 N–H and O–H groups in total. The van der Waals surface area contributed by atoms with E-state index in [0.717, 1.165) is 12.8 Å². The highest BCUT2D eigenvalue weighted by Crippen LogP contribution is 2.42. The summed E-state index contributed by atoms with van der Waals surface area (Å²) in [5.74, 6) is -0.233. The molecule has 0 aromatic heterocycles. The molecule has 1 aliphatic heterocycles. The molecule has 1 saturated carbocycles. The third-order valence-electron chi connectivity index (χ3n) is 5.10. The number of amides is 1. The predicted octanol–water partition coefficient (Wildman–Crippen LogP) is 2.25. The number of rotatable bonds is 3. The predicted molar refractivity (Wildman–Crippen MR) is 93.9 cm³/mol. The number of halogens is 1. The molecule has 1 unspecified atom stereocenters. The average Bonchev–Trinajstić information content (AvgIpc) is 3.06. The summed E-state index contributed by atoms with van der Waals surface area (Å²) in [5, 5.41) is 3.77. The lowest BCUT2D eigenvalue weighted by Gasteiger charge is -2.38. The summed E-state index contributed by atoms with van der Waals surface area (Å²) in [4.78, 5) is 15.2. The molecular weight excluding hydrogens is 348 g/mol. The number of nitrogens with one attached hydrogen (secondary N) is 1. The molecule has 1 aromatic carbocycles. The Kier molecular flexibility index (Phi) is 4.91. The van der Waals surface area contributed by atoms with Gasteiger partial charge in [0.1, 0.15) is 0 Å². The van der Waals surface area contributed by atoms with Gasteiger partial charge in [0.2, 0.25) is 5.91 Å². The van der Waals surface area contributed by atoms with E-state index >= 15 is 0 Å². The zero-order chi connectivity index (χ0) is 17.4. The molecule has 1 atom stereocenters. The van der Waals surface area contributed by atoms with Crippen molar-refractivity contribution in [1.82, 2.24) is 10.2 Å². The normalized spacial score (nSPS) is 24.1. The van der Waals surface area contributed by atoms with Crippen molar-refractivity contribution in [2.24, 2.45) is 0 Å². The summed E-state index contributed by atoms with van der Waals surface area (Å²) in [5.41, 5.74) is 0. The number of benzene rings is 1. The molecule has 0 radical (unpaired) electrons. The molecule has 1 saturated heterocycles. The van der Waals surface area contributed by atoms with E-state index in [-0.39, 0.29) is 16.8 Å². The maximum atomic E-state index is 13.3. The molecule has 24 heavy (non-hydrogen) atoms. The molecule has 5 nitrogen and oxygen atoms in total. The van der Waals surface area contributed by atoms with Gasteiger partial charge in [-0.05, 0) is 44.0 Å². The van der Waals surface area contributed by atoms with Gasteiger partial charge in [0.15, 0.2) is 14.6 Å². The standard InChI is InChI=1S/C17H23ClN2O3S/c1-13-12-20(11-10-19-13)16(21)17(8-2-3-9-17)24(22,23)15-6-4-14(18)5-7-15/h4-7,13,19H,2-3,8-12H2,1H3. The van der Waals surface area contributed by atoms with Crippen LogP contribution >= 0.6 is 11.6 Å². The fourth-order valence-corrected chi connectivity index (χ4v) is 6.04. The van der Waals surface area contributed by atoms with Crippen LogP contribution in [-0.4, -0.2) is 49.6 Å². The van der Waals surface area contributed by atoms with Gasteiger partial charge in [-0.3, -0.25) is 4.79 Å². The van der Waals surface area contributed by atoms with Crippen molar-refractivity contribution in [3.8, 4) is 0 Å². The number of nitrogens with zero attached hydrogens (tertiary/aromatic N) is 1. The first-order valence-corrected chi connectivity index (χ1v) is 10.3. The van der Waals surface area contributed by atoms with Crippen LogP contribution in [0.3, 0.4) is 0 Å². The summed E-state index contributed by atoms with van der Waals surface area (Å²) in [6, 6.07) is 6.32. The first kappa shape index (κ1) is 17.7. The van der Waals surface area contributed by atoms with E-state index < -0.39 is 14.6 Å². The van der Waals surface area contributed by atoms with E-state index in [1.165, 1.54) is 12.1 Å². The number of carbonyl (C=O) groups is 1. The second-order valence-electron chi connectivity index (χ2n) is 6.77. The van der Waals surface area contributed by atoms with Crippen molar-refractivity contribution in [1.29, 1.82) is 0 Å². The Morgan fingerprint density at radius 1 is 1.25 bits per heavy atom. The number of hydrogen-bond acceptors (Lipinski definition) is 4. The van der Waals surface area contributed by atoms with Crippen LogP contribution in [0.4, 0.5) is 0 Å². The summed E-state index contributed by atoms with van der Waals surface area (Å²) in [7, 11) is -3.75. The van der Waals surface area contributed by atoms with Crippen LogP contribution in [0.1, 0.15) is 32.6 Å². The molecule has 1 aliphatic carbocycles. The molecule has 1 amide bonds. The summed E-state index contributed by atoms with van der Waals surface area (Å²) < 4.78 is 25.3. The van der Waals surface area contributed by atoms with E-state index in [4.69, 9.17) is 11.6 Å². The van der Waals surface area contributed by atoms with Gasteiger partial charge in [-0.15, -0.1) is 0 Å². The molecule has 3 rings (SSSR count). The topological polar surface area (TPSA) is 66.5 Å². The van der Waals surface area contributed by atoms with Crippen LogP contribution in [0, 0.1) is 0 Å². The largest absolute Gasteiger partial charge is 0.338 e. The fourth-order valence-electron chi connectivity index (χ4n) is 3.79. The third kappa shape index (κ3) is 2.95. The average molecular weight is 371 g/mol. The molecule has 2 fully saturated rings. The number of piperazine rings is 1. The van der Waals surface area contributed by atoms with Crippen LogP contribution in [-0.2, 0) is 14.6 Å². The van der Waals surface area contributed by atoms with Gasteiger partial charge >= 0.3 is 0 Å². The second-order valence-corrected chi connectivity index (χ2v) is 9.46. The van der Waals surface area contributed by atoms with Gasteiger partial charge in [0.05, 0.1) is 4.90 Å². The minimum Gasteiger partial charge on any atom is -0.338 e.